The van der Waals surface area contributed by atoms with E-state index in [4.69, 9.17) is 16.3 Å². The van der Waals surface area contributed by atoms with Gasteiger partial charge in [0.05, 0.1) is 13.5 Å². The zero-order valence-electron chi connectivity index (χ0n) is 11.5. The number of benzene rings is 1. The van der Waals surface area contributed by atoms with Crippen LogP contribution < -0.4 is 4.74 Å². The average Bonchev–Trinajstić information content (AvgIpc) is 2.38. The highest BCUT2D eigenvalue weighted by molar-refractivity contribution is 6.30. The molecule has 1 aromatic rings. The molecule has 0 aliphatic carbocycles. The summed E-state index contributed by atoms with van der Waals surface area (Å²) in [4.78, 5) is 14.2. The summed E-state index contributed by atoms with van der Waals surface area (Å²) < 4.78 is 5.17. The van der Waals surface area contributed by atoms with E-state index in [-0.39, 0.29) is 5.91 Å². The molecule has 19 heavy (non-hydrogen) atoms. The lowest BCUT2D eigenvalue weighted by Gasteiger charge is -2.31. The molecule has 1 aliphatic rings. The molecule has 1 saturated heterocycles. The molecule has 0 aromatic heterocycles. The number of methoxy groups -OCH3 is 1. The third kappa shape index (κ3) is 3.87. The number of hydrogen-bond donors (Lipinski definition) is 0. The lowest BCUT2D eigenvalue weighted by atomic mass is 9.99. The zero-order valence-corrected chi connectivity index (χ0v) is 12.2. The van der Waals surface area contributed by atoms with Crippen LogP contribution in [0.3, 0.4) is 0 Å². The predicted molar refractivity (Wildman–Crippen MR) is 76.7 cm³/mol. The van der Waals surface area contributed by atoms with Crippen LogP contribution in [0.5, 0.6) is 5.75 Å². The average molecular weight is 282 g/mol. The Kier molecular flexibility index (Phi) is 4.70. The first-order valence-electron chi connectivity index (χ1n) is 6.69. The molecule has 1 fully saturated rings. The molecule has 2 rings (SSSR count). The van der Waals surface area contributed by atoms with E-state index < -0.39 is 0 Å². The summed E-state index contributed by atoms with van der Waals surface area (Å²) in [7, 11) is 1.60. The summed E-state index contributed by atoms with van der Waals surface area (Å²) in [5.41, 5.74) is 0.910. The molecular weight excluding hydrogens is 262 g/mol. The maximum absolute atomic E-state index is 12.3. The normalized spacial score (nSPS) is 19.3. The number of ether oxygens (including phenoxy) is 1. The Labute approximate surface area is 119 Å². The van der Waals surface area contributed by atoms with E-state index >= 15 is 0 Å². The van der Waals surface area contributed by atoms with E-state index in [9.17, 15) is 4.79 Å². The summed E-state index contributed by atoms with van der Waals surface area (Å²) in [6, 6.07) is 5.45. The van der Waals surface area contributed by atoms with Gasteiger partial charge in [0.15, 0.2) is 0 Å². The molecule has 0 bridgehead atoms. The van der Waals surface area contributed by atoms with Crippen molar-refractivity contribution in [1.82, 2.24) is 4.90 Å². The lowest BCUT2D eigenvalue weighted by Crippen LogP contribution is -2.39. The molecule has 0 saturated carbocycles. The number of piperidine rings is 1. The van der Waals surface area contributed by atoms with E-state index in [2.05, 4.69) is 6.92 Å². The van der Waals surface area contributed by atoms with Gasteiger partial charge in [-0.3, -0.25) is 4.79 Å². The van der Waals surface area contributed by atoms with E-state index in [1.54, 1.807) is 13.2 Å². The molecule has 0 radical (unpaired) electrons. The zero-order chi connectivity index (χ0) is 13.8. The number of carbonyl (C=O) groups is 1. The van der Waals surface area contributed by atoms with Crippen LogP contribution >= 0.6 is 11.6 Å². The number of carbonyl (C=O) groups excluding carboxylic acids is 1. The van der Waals surface area contributed by atoms with Crippen LogP contribution in [0.1, 0.15) is 25.3 Å². The fourth-order valence-corrected chi connectivity index (χ4v) is 2.79. The SMILES string of the molecule is COc1cc(Cl)cc(CC(=O)N2CCCC(C)C2)c1. The molecule has 1 amide bonds. The van der Waals surface area contributed by atoms with Crippen molar-refractivity contribution in [2.75, 3.05) is 20.2 Å². The monoisotopic (exact) mass is 281 g/mol. The molecule has 4 heteroatoms. The molecule has 1 aliphatic heterocycles. The molecule has 0 spiro atoms. The van der Waals surface area contributed by atoms with Crippen LogP contribution in [0.15, 0.2) is 18.2 Å². The van der Waals surface area contributed by atoms with Crippen molar-refractivity contribution in [2.45, 2.75) is 26.2 Å². The fourth-order valence-electron chi connectivity index (χ4n) is 2.54. The van der Waals surface area contributed by atoms with Crippen molar-refractivity contribution in [3.63, 3.8) is 0 Å². The predicted octanol–water partition coefficient (Wildman–Crippen LogP) is 3.15. The minimum atomic E-state index is 0.177. The Balaban J connectivity index is 2.03. The third-order valence-corrected chi connectivity index (χ3v) is 3.75. The summed E-state index contributed by atoms with van der Waals surface area (Å²) >= 11 is 6.02. The van der Waals surface area contributed by atoms with Gasteiger partial charge in [0, 0.05) is 18.1 Å². The van der Waals surface area contributed by atoms with E-state index in [1.165, 1.54) is 6.42 Å². The van der Waals surface area contributed by atoms with Gasteiger partial charge in [0.25, 0.3) is 0 Å². The van der Waals surface area contributed by atoms with Crippen LogP contribution in [0.2, 0.25) is 5.02 Å². The minimum Gasteiger partial charge on any atom is -0.497 e. The molecular formula is C15H20ClNO2. The van der Waals surface area contributed by atoms with Crippen molar-refractivity contribution in [3.8, 4) is 5.75 Å². The Morgan fingerprint density at radius 2 is 2.26 bits per heavy atom. The van der Waals surface area contributed by atoms with Gasteiger partial charge in [0.2, 0.25) is 5.91 Å². The number of amides is 1. The maximum Gasteiger partial charge on any atom is 0.227 e. The third-order valence-electron chi connectivity index (χ3n) is 3.53. The number of rotatable bonds is 3. The summed E-state index contributed by atoms with van der Waals surface area (Å²) in [5, 5.41) is 0.606. The van der Waals surface area contributed by atoms with Crippen LogP contribution in [-0.4, -0.2) is 31.0 Å². The number of halogens is 1. The van der Waals surface area contributed by atoms with Crippen molar-refractivity contribution >= 4 is 17.5 Å². The van der Waals surface area contributed by atoms with E-state index in [0.717, 1.165) is 25.1 Å². The second-order valence-electron chi connectivity index (χ2n) is 5.26. The molecule has 1 unspecified atom stereocenters. The van der Waals surface area contributed by atoms with E-state index in [1.807, 2.05) is 17.0 Å². The van der Waals surface area contributed by atoms with Gasteiger partial charge in [0.1, 0.15) is 5.75 Å². The number of likely N-dealkylation sites (tertiary alicyclic amines) is 1. The molecule has 1 atom stereocenters. The van der Waals surface area contributed by atoms with Crippen LogP contribution in [-0.2, 0) is 11.2 Å². The Hall–Kier alpha value is -1.22. The first kappa shape index (κ1) is 14.2. The highest BCUT2D eigenvalue weighted by Crippen LogP contribution is 2.22. The van der Waals surface area contributed by atoms with Gasteiger partial charge in [-0.05, 0) is 42.5 Å². The van der Waals surface area contributed by atoms with E-state index in [0.29, 0.717) is 23.1 Å². The number of nitrogens with zero attached hydrogens (tertiary/aromatic N) is 1. The van der Waals surface area contributed by atoms with Gasteiger partial charge in [-0.25, -0.2) is 0 Å². The first-order chi connectivity index (χ1) is 9.08. The quantitative estimate of drug-likeness (QED) is 0.852. The fraction of sp³-hybridized carbons (Fsp3) is 0.533. The second-order valence-corrected chi connectivity index (χ2v) is 5.70. The summed E-state index contributed by atoms with van der Waals surface area (Å²) in [5.74, 6) is 1.48. The second kappa shape index (κ2) is 6.29. The largest absolute Gasteiger partial charge is 0.497 e. The molecule has 1 heterocycles. The van der Waals surface area contributed by atoms with Crippen molar-refractivity contribution in [3.05, 3.63) is 28.8 Å². The summed E-state index contributed by atoms with van der Waals surface area (Å²) in [6.07, 6.45) is 2.71. The highest BCUT2D eigenvalue weighted by Gasteiger charge is 2.21. The maximum atomic E-state index is 12.3. The lowest BCUT2D eigenvalue weighted by molar-refractivity contribution is -0.132. The molecule has 0 N–H and O–H groups in total. The number of hydrogen-bond acceptors (Lipinski definition) is 2. The standard InChI is InChI=1S/C15H20ClNO2/c1-11-4-3-5-17(10-11)15(18)8-12-6-13(16)9-14(7-12)19-2/h6-7,9,11H,3-5,8,10H2,1-2H3. The van der Waals surface area contributed by atoms with Gasteiger partial charge in [-0.1, -0.05) is 18.5 Å². The van der Waals surface area contributed by atoms with Crippen molar-refractivity contribution in [1.29, 1.82) is 0 Å². The summed E-state index contributed by atoms with van der Waals surface area (Å²) in [6.45, 7) is 3.94. The van der Waals surface area contributed by atoms with Gasteiger partial charge in [-0.2, -0.15) is 0 Å². The Morgan fingerprint density at radius 3 is 2.95 bits per heavy atom. The van der Waals surface area contributed by atoms with Gasteiger partial charge in [-0.15, -0.1) is 0 Å². The highest BCUT2D eigenvalue weighted by atomic mass is 35.5. The van der Waals surface area contributed by atoms with Crippen molar-refractivity contribution < 1.29 is 9.53 Å². The topological polar surface area (TPSA) is 29.5 Å². The smallest absolute Gasteiger partial charge is 0.227 e. The minimum absolute atomic E-state index is 0.177. The molecule has 3 nitrogen and oxygen atoms in total. The Morgan fingerprint density at radius 1 is 1.47 bits per heavy atom. The van der Waals surface area contributed by atoms with Crippen LogP contribution in [0, 0.1) is 5.92 Å². The van der Waals surface area contributed by atoms with Gasteiger partial charge >= 0.3 is 0 Å². The molecule has 104 valence electrons. The van der Waals surface area contributed by atoms with Gasteiger partial charge < -0.3 is 9.64 Å². The first-order valence-corrected chi connectivity index (χ1v) is 7.07. The van der Waals surface area contributed by atoms with Crippen LogP contribution in [0.25, 0.3) is 0 Å². The molecule has 1 aromatic carbocycles. The Bertz CT molecular complexity index is 461. The van der Waals surface area contributed by atoms with Crippen molar-refractivity contribution in [2.24, 2.45) is 5.92 Å². The van der Waals surface area contributed by atoms with Crippen LogP contribution in [0.4, 0.5) is 0 Å².